The lowest BCUT2D eigenvalue weighted by Gasteiger charge is -2.51. The Morgan fingerprint density at radius 2 is 2.27 bits per heavy atom. The number of nitrogens with one attached hydrogen (secondary N) is 1. The van der Waals surface area contributed by atoms with Gasteiger partial charge in [0.05, 0.1) is 0 Å². The third kappa shape index (κ3) is 1.10. The first-order valence-corrected chi connectivity index (χ1v) is 5.08. The Bertz CT molecular complexity index is 138. The lowest BCUT2D eigenvalue weighted by molar-refractivity contribution is 0.0198. The predicted molar refractivity (Wildman–Crippen MR) is 47.6 cm³/mol. The van der Waals surface area contributed by atoms with Gasteiger partial charge in [0.25, 0.3) is 0 Å². The molecule has 1 aliphatic heterocycles. The molecule has 1 saturated heterocycles. The monoisotopic (exact) mass is 153 g/mol. The summed E-state index contributed by atoms with van der Waals surface area (Å²) in [6.45, 7) is 4.93. The first-order valence-electron chi connectivity index (χ1n) is 5.08. The molecule has 1 atom stereocenters. The van der Waals surface area contributed by atoms with Gasteiger partial charge in [-0.25, -0.2) is 0 Å². The Labute approximate surface area is 69.6 Å². The minimum atomic E-state index is 0.757. The number of hydrogen-bond acceptors (Lipinski definition) is 1. The molecule has 2 rings (SSSR count). The third-order valence-electron chi connectivity index (χ3n) is 3.85. The molecule has 1 heteroatoms. The van der Waals surface area contributed by atoms with Crippen LogP contribution in [0.15, 0.2) is 0 Å². The zero-order chi connectivity index (χ0) is 7.73. The van der Waals surface area contributed by atoms with E-state index in [1.54, 1.807) is 0 Å². The van der Waals surface area contributed by atoms with E-state index in [1.807, 2.05) is 0 Å². The summed E-state index contributed by atoms with van der Waals surface area (Å²) in [6, 6.07) is 0. The smallest absolute Gasteiger partial charge is 0.00105 e. The molecule has 1 unspecified atom stereocenters. The molecule has 1 nitrogen and oxygen atoms in total. The molecule has 1 aliphatic carbocycles. The summed E-state index contributed by atoms with van der Waals surface area (Å²) in [6.07, 6.45) is 7.31. The van der Waals surface area contributed by atoms with Crippen LogP contribution in [0.5, 0.6) is 0 Å². The van der Waals surface area contributed by atoms with Gasteiger partial charge in [-0.1, -0.05) is 19.8 Å². The van der Waals surface area contributed by atoms with E-state index in [4.69, 9.17) is 0 Å². The maximum absolute atomic E-state index is 3.54. The standard InChI is InChI=1S/C10H19N/c1-2-9-4-7-11-8-10(9)5-3-6-10/h9,11H,2-8H2,1H3. The average Bonchev–Trinajstić information content (AvgIpc) is 2.01. The molecule has 0 bridgehead atoms. The van der Waals surface area contributed by atoms with E-state index in [9.17, 15) is 0 Å². The van der Waals surface area contributed by atoms with E-state index in [-0.39, 0.29) is 0 Å². The average molecular weight is 153 g/mol. The first-order chi connectivity index (χ1) is 5.37. The summed E-state index contributed by atoms with van der Waals surface area (Å²) < 4.78 is 0. The third-order valence-corrected chi connectivity index (χ3v) is 3.85. The SMILES string of the molecule is CCC1CCNCC12CCC2. The molecule has 0 aromatic heterocycles. The minimum Gasteiger partial charge on any atom is -0.316 e. The van der Waals surface area contributed by atoms with Crippen molar-refractivity contribution in [1.29, 1.82) is 0 Å². The van der Waals surface area contributed by atoms with Crippen molar-refractivity contribution in [3.8, 4) is 0 Å². The van der Waals surface area contributed by atoms with Gasteiger partial charge in [0.2, 0.25) is 0 Å². The van der Waals surface area contributed by atoms with Crippen molar-refractivity contribution in [2.45, 2.75) is 39.0 Å². The van der Waals surface area contributed by atoms with Gasteiger partial charge in [-0.15, -0.1) is 0 Å². The largest absolute Gasteiger partial charge is 0.316 e. The Balaban J connectivity index is 2.02. The molecule has 0 radical (unpaired) electrons. The van der Waals surface area contributed by atoms with Crippen LogP contribution in [0.25, 0.3) is 0 Å². The highest BCUT2D eigenvalue weighted by Crippen LogP contribution is 2.50. The van der Waals surface area contributed by atoms with Gasteiger partial charge in [-0.3, -0.25) is 0 Å². The predicted octanol–water partition coefficient (Wildman–Crippen LogP) is 2.18. The van der Waals surface area contributed by atoms with Crippen molar-refractivity contribution in [3.05, 3.63) is 0 Å². The highest BCUT2D eigenvalue weighted by atomic mass is 14.9. The summed E-state index contributed by atoms with van der Waals surface area (Å²) in [5.41, 5.74) is 0.757. The van der Waals surface area contributed by atoms with Crippen molar-refractivity contribution in [3.63, 3.8) is 0 Å². The fourth-order valence-electron chi connectivity index (χ4n) is 2.92. The van der Waals surface area contributed by atoms with E-state index in [0.717, 1.165) is 11.3 Å². The Hall–Kier alpha value is -0.0400. The van der Waals surface area contributed by atoms with Gasteiger partial charge in [-0.05, 0) is 37.1 Å². The second-order valence-corrected chi connectivity index (χ2v) is 4.29. The van der Waals surface area contributed by atoms with Crippen LogP contribution in [0.2, 0.25) is 0 Å². The summed E-state index contributed by atoms with van der Waals surface area (Å²) in [5, 5.41) is 3.54. The van der Waals surface area contributed by atoms with Crippen LogP contribution >= 0.6 is 0 Å². The van der Waals surface area contributed by atoms with Crippen molar-refractivity contribution in [2.24, 2.45) is 11.3 Å². The summed E-state index contributed by atoms with van der Waals surface area (Å²) in [4.78, 5) is 0. The molecule has 2 fully saturated rings. The molecule has 0 amide bonds. The summed E-state index contributed by atoms with van der Waals surface area (Å²) in [5.74, 6) is 1.04. The topological polar surface area (TPSA) is 12.0 Å². The summed E-state index contributed by atoms with van der Waals surface area (Å²) in [7, 11) is 0. The Morgan fingerprint density at radius 1 is 1.45 bits per heavy atom. The normalized spacial score (nSPS) is 35.2. The van der Waals surface area contributed by atoms with E-state index in [2.05, 4.69) is 12.2 Å². The highest BCUT2D eigenvalue weighted by molar-refractivity contribution is 4.97. The van der Waals surface area contributed by atoms with Crippen LogP contribution in [-0.2, 0) is 0 Å². The van der Waals surface area contributed by atoms with Gasteiger partial charge < -0.3 is 5.32 Å². The second-order valence-electron chi connectivity index (χ2n) is 4.29. The van der Waals surface area contributed by atoms with Crippen LogP contribution < -0.4 is 5.32 Å². The molecule has 0 aromatic carbocycles. The van der Waals surface area contributed by atoms with Gasteiger partial charge in [0, 0.05) is 6.54 Å². The van der Waals surface area contributed by atoms with Crippen LogP contribution in [0.4, 0.5) is 0 Å². The molecule has 1 saturated carbocycles. The van der Waals surface area contributed by atoms with Gasteiger partial charge in [0.15, 0.2) is 0 Å². The summed E-state index contributed by atoms with van der Waals surface area (Å²) >= 11 is 0. The van der Waals surface area contributed by atoms with E-state index >= 15 is 0 Å². The molecule has 1 heterocycles. The minimum absolute atomic E-state index is 0.757. The van der Waals surface area contributed by atoms with Crippen LogP contribution in [0, 0.1) is 11.3 Å². The highest BCUT2D eigenvalue weighted by Gasteiger charge is 2.43. The van der Waals surface area contributed by atoms with E-state index in [0.29, 0.717) is 0 Å². The van der Waals surface area contributed by atoms with Crippen molar-refractivity contribution in [1.82, 2.24) is 5.32 Å². The van der Waals surface area contributed by atoms with Crippen LogP contribution in [0.1, 0.15) is 39.0 Å². The first kappa shape index (κ1) is 7.60. The Kier molecular flexibility index (Phi) is 1.92. The van der Waals surface area contributed by atoms with E-state index in [1.165, 1.54) is 45.2 Å². The maximum Gasteiger partial charge on any atom is 0.00105 e. The fourth-order valence-corrected chi connectivity index (χ4v) is 2.92. The molecular weight excluding hydrogens is 134 g/mol. The molecule has 2 aliphatic rings. The zero-order valence-electron chi connectivity index (χ0n) is 7.53. The lowest BCUT2D eigenvalue weighted by atomic mass is 9.58. The van der Waals surface area contributed by atoms with Crippen molar-refractivity contribution < 1.29 is 0 Å². The van der Waals surface area contributed by atoms with Crippen LogP contribution in [0.3, 0.4) is 0 Å². The fraction of sp³-hybridized carbons (Fsp3) is 1.00. The van der Waals surface area contributed by atoms with Gasteiger partial charge in [-0.2, -0.15) is 0 Å². The second kappa shape index (κ2) is 2.78. The van der Waals surface area contributed by atoms with Crippen molar-refractivity contribution in [2.75, 3.05) is 13.1 Å². The maximum atomic E-state index is 3.54. The number of hydrogen-bond donors (Lipinski definition) is 1. The lowest BCUT2D eigenvalue weighted by Crippen LogP contribution is -2.50. The quantitative estimate of drug-likeness (QED) is 0.609. The van der Waals surface area contributed by atoms with Gasteiger partial charge >= 0.3 is 0 Å². The number of piperidine rings is 1. The van der Waals surface area contributed by atoms with Crippen LogP contribution in [-0.4, -0.2) is 13.1 Å². The number of rotatable bonds is 1. The van der Waals surface area contributed by atoms with Crippen molar-refractivity contribution >= 4 is 0 Å². The molecule has 0 aromatic rings. The molecule has 1 spiro atoms. The molecule has 64 valence electrons. The molecular formula is C10H19N. The van der Waals surface area contributed by atoms with E-state index < -0.39 is 0 Å². The molecule has 1 N–H and O–H groups in total. The molecule has 11 heavy (non-hydrogen) atoms. The zero-order valence-corrected chi connectivity index (χ0v) is 7.53. The Morgan fingerprint density at radius 3 is 2.73 bits per heavy atom. The van der Waals surface area contributed by atoms with Gasteiger partial charge in [0.1, 0.15) is 0 Å².